The Bertz CT molecular complexity index is 1230. The number of carbonyl (C=O) groups is 3. The Morgan fingerprint density at radius 3 is 2.43 bits per heavy atom. The van der Waals surface area contributed by atoms with Gasteiger partial charge in [-0.3, -0.25) is 14.4 Å². The number of ether oxygens (including phenoxy) is 3. The van der Waals surface area contributed by atoms with E-state index < -0.39 is 47.3 Å². The molecule has 35 heavy (non-hydrogen) atoms. The summed E-state index contributed by atoms with van der Waals surface area (Å²) in [5, 5.41) is 10.9. The molecule has 2 heterocycles. The molecule has 8 nitrogen and oxygen atoms in total. The standard InChI is InChI=1S/C26H25ClN2O6/c1-4-33-21(30)14-20-25(15-28,24(32)34-5-2)22(16-10-6-8-12-18(16)27)35-26(20)17-11-7-9-13-19(17)29(3)23(26)31/h6-13,20,22H,4-5,14H2,1-3H3/t20-,22+,25-,26-/m0/s1. The monoisotopic (exact) mass is 496 g/mol. The molecule has 1 amide bonds. The number of halogens is 1. The highest BCUT2D eigenvalue weighted by atomic mass is 35.5. The van der Waals surface area contributed by atoms with Gasteiger partial charge in [0.1, 0.15) is 6.10 Å². The van der Waals surface area contributed by atoms with Crippen LogP contribution in [0.1, 0.15) is 37.5 Å². The first-order valence-corrected chi connectivity index (χ1v) is 11.7. The second-order valence-electron chi connectivity index (χ2n) is 8.40. The van der Waals surface area contributed by atoms with E-state index in [0.717, 1.165) is 0 Å². The SMILES string of the molecule is CCOC(=O)C[C@H]1[C@](C#N)(C(=O)OCC)[C@@H](c2ccccc2Cl)O[C@]12C(=O)N(C)c1ccccc12. The Balaban J connectivity index is 2.05. The highest BCUT2D eigenvalue weighted by Gasteiger charge is 2.75. The summed E-state index contributed by atoms with van der Waals surface area (Å²) in [6.45, 7) is 3.35. The first-order chi connectivity index (χ1) is 16.8. The summed E-state index contributed by atoms with van der Waals surface area (Å²) in [7, 11) is 1.59. The number of para-hydroxylation sites is 1. The van der Waals surface area contributed by atoms with E-state index in [2.05, 4.69) is 6.07 Å². The Labute approximate surface area is 208 Å². The number of fused-ring (bicyclic) bond motifs is 2. The lowest BCUT2D eigenvalue weighted by Crippen LogP contribution is -2.49. The molecule has 1 saturated heterocycles. The molecular weight excluding hydrogens is 472 g/mol. The van der Waals surface area contributed by atoms with E-state index in [1.54, 1.807) is 69.4 Å². The number of hydrogen-bond acceptors (Lipinski definition) is 7. The molecule has 2 aliphatic heterocycles. The van der Waals surface area contributed by atoms with Crippen molar-refractivity contribution in [2.75, 3.05) is 25.2 Å². The van der Waals surface area contributed by atoms with E-state index in [-0.39, 0.29) is 18.2 Å². The van der Waals surface area contributed by atoms with Crippen molar-refractivity contribution in [3.8, 4) is 6.07 Å². The predicted octanol–water partition coefficient (Wildman–Crippen LogP) is 3.93. The molecule has 1 fully saturated rings. The van der Waals surface area contributed by atoms with Gasteiger partial charge in [-0.1, -0.05) is 48.0 Å². The molecule has 2 aromatic carbocycles. The van der Waals surface area contributed by atoms with Gasteiger partial charge in [-0.25, -0.2) is 0 Å². The Hall–Kier alpha value is -3.41. The van der Waals surface area contributed by atoms with Gasteiger partial charge in [0.25, 0.3) is 5.91 Å². The van der Waals surface area contributed by atoms with Crippen molar-refractivity contribution in [3.05, 3.63) is 64.7 Å². The molecule has 2 aliphatic rings. The number of anilines is 1. The van der Waals surface area contributed by atoms with Gasteiger partial charge in [-0.05, 0) is 26.0 Å². The van der Waals surface area contributed by atoms with Gasteiger partial charge in [-0.2, -0.15) is 5.26 Å². The summed E-state index contributed by atoms with van der Waals surface area (Å²) in [4.78, 5) is 41.8. The van der Waals surface area contributed by atoms with Crippen LogP contribution in [0.5, 0.6) is 0 Å². The van der Waals surface area contributed by atoms with Crippen LogP contribution in [-0.2, 0) is 34.2 Å². The van der Waals surface area contributed by atoms with Crippen molar-refractivity contribution >= 4 is 35.1 Å². The average Bonchev–Trinajstić information content (AvgIpc) is 3.26. The van der Waals surface area contributed by atoms with Gasteiger partial charge in [0.15, 0.2) is 11.0 Å². The maximum Gasteiger partial charge on any atom is 0.330 e. The molecule has 2 aromatic rings. The van der Waals surface area contributed by atoms with Crippen LogP contribution in [0.4, 0.5) is 5.69 Å². The summed E-state index contributed by atoms with van der Waals surface area (Å²) >= 11 is 6.51. The fraction of sp³-hybridized carbons (Fsp3) is 0.385. The topological polar surface area (TPSA) is 106 Å². The van der Waals surface area contributed by atoms with E-state index >= 15 is 0 Å². The maximum atomic E-state index is 13.9. The predicted molar refractivity (Wildman–Crippen MR) is 126 cm³/mol. The number of hydrogen-bond donors (Lipinski definition) is 0. The van der Waals surface area contributed by atoms with E-state index in [1.807, 2.05) is 0 Å². The largest absolute Gasteiger partial charge is 0.466 e. The average molecular weight is 497 g/mol. The number of nitrogens with zero attached hydrogens (tertiary/aromatic N) is 2. The molecule has 182 valence electrons. The number of nitriles is 1. The van der Waals surface area contributed by atoms with Crippen LogP contribution in [0, 0.1) is 22.7 Å². The zero-order valence-corrected chi connectivity index (χ0v) is 20.4. The zero-order valence-electron chi connectivity index (χ0n) is 19.6. The normalized spacial score (nSPS) is 26.9. The lowest BCUT2D eigenvalue weighted by molar-refractivity contribution is -0.157. The van der Waals surface area contributed by atoms with Crippen LogP contribution in [0.2, 0.25) is 5.02 Å². The Kier molecular flexibility index (Phi) is 6.58. The second kappa shape index (κ2) is 9.33. The van der Waals surface area contributed by atoms with E-state index in [9.17, 15) is 19.6 Å². The van der Waals surface area contributed by atoms with Crippen LogP contribution in [0.15, 0.2) is 48.5 Å². The van der Waals surface area contributed by atoms with Gasteiger partial charge < -0.3 is 19.1 Å². The smallest absolute Gasteiger partial charge is 0.330 e. The van der Waals surface area contributed by atoms with Crippen molar-refractivity contribution in [2.24, 2.45) is 11.3 Å². The zero-order chi connectivity index (χ0) is 25.4. The highest BCUT2D eigenvalue weighted by Crippen LogP contribution is 2.65. The van der Waals surface area contributed by atoms with Crippen LogP contribution < -0.4 is 4.90 Å². The van der Waals surface area contributed by atoms with Crippen molar-refractivity contribution in [1.29, 1.82) is 5.26 Å². The number of carbonyl (C=O) groups excluding carboxylic acids is 3. The van der Waals surface area contributed by atoms with E-state index in [0.29, 0.717) is 16.8 Å². The van der Waals surface area contributed by atoms with Gasteiger partial charge in [0, 0.05) is 29.1 Å². The fourth-order valence-electron chi connectivity index (χ4n) is 5.24. The lowest BCUT2D eigenvalue weighted by Gasteiger charge is -2.33. The van der Waals surface area contributed by atoms with Crippen LogP contribution >= 0.6 is 11.6 Å². The van der Waals surface area contributed by atoms with Crippen molar-refractivity contribution < 1.29 is 28.6 Å². The molecular formula is C26H25ClN2O6. The maximum absolute atomic E-state index is 13.9. The minimum absolute atomic E-state index is 0.0128. The quantitative estimate of drug-likeness (QED) is 0.558. The molecule has 4 atom stereocenters. The number of likely N-dealkylation sites (N-methyl/N-ethyl adjacent to an activating group) is 1. The van der Waals surface area contributed by atoms with Crippen LogP contribution in [0.25, 0.3) is 0 Å². The van der Waals surface area contributed by atoms with E-state index in [1.165, 1.54) is 4.90 Å². The summed E-state index contributed by atoms with van der Waals surface area (Å²) < 4.78 is 17.1. The molecule has 9 heteroatoms. The lowest BCUT2D eigenvalue weighted by atomic mass is 9.64. The Morgan fingerprint density at radius 2 is 1.77 bits per heavy atom. The number of esters is 2. The number of benzene rings is 2. The fourth-order valence-corrected chi connectivity index (χ4v) is 5.47. The van der Waals surface area contributed by atoms with Crippen LogP contribution in [0.3, 0.4) is 0 Å². The van der Waals surface area contributed by atoms with Crippen LogP contribution in [-0.4, -0.2) is 38.1 Å². The first kappa shape index (κ1) is 24.7. The van der Waals surface area contributed by atoms with Crippen molar-refractivity contribution in [1.82, 2.24) is 0 Å². The first-order valence-electron chi connectivity index (χ1n) is 11.3. The third kappa shape index (κ3) is 3.49. The molecule has 0 saturated carbocycles. The van der Waals surface area contributed by atoms with Gasteiger partial charge >= 0.3 is 11.9 Å². The Morgan fingerprint density at radius 1 is 1.11 bits per heavy atom. The summed E-state index contributed by atoms with van der Waals surface area (Å²) in [6, 6.07) is 15.7. The summed E-state index contributed by atoms with van der Waals surface area (Å²) in [5.41, 5.74) is -2.52. The minimum Gasteiger partial charge on any atom is -0.466 e. The third-order valence-corrected chi connectivity index (χ3v) is 7.05. The minimum atomic E-state index is -2.07. The number of amides is 1. The second-order valence-corrected chi connectivity index (χ2v) is 8.81. The van der Waals surface area contributed by atoms with Gasteiger partial charge in [0.2, 0.25) is 0 Å². The molecule has 0 aliphatic carbocycles. The van der Waals surface area contributed by atoms with Gasteiger partial charge in [-0.15, -0.1) is 0 Å². The van der Waals surface area contributed by atoms with Gasteiger partial charge in [0.05, 0.1) is 31.4 Å². The molecule has 1 spiro atoms. The molecule has 0 aromatic heterocycles. The third-order valence-electron chi connectivity index (χ3n) is 6.71. The highest BCUT2D eigenvalue weighted by molar-refractivity contribution is 6.31. The molecule has 0 radical (unpaired) electrons. The van der Waals surface area contributed by atoms with Crippen molar-refractivity contribution in [3.63, 3.8) is 0 Å². The molecule has 4 rings (SSSR count). The summed E-state index contributed by atoms with van der Waals surface area (Å²) in [5.74, 6) is -3.30. The molecule has 0 bridgehead atoms. The molecule has 0 unspecified atom stereocenters. The molecule has 0 N–H and O–H groups in total. The van der Waals surface area contributed by atoms with Crippen molar-refractivity contribution in [2.45, 2.75) is 32.0 Å². The number of rotatable bonds is 6. The van der Waals surface area contributed by atoms with E-state index in [4.69, 9.17) is 25.8 Å². The summed E-state index contributed by atoms with van der Waals surface area (Å²) in [6.07, 6.45) is -1.71.